The van der Waals surface area contributed by atoms with Crippen LogP contribution < -0.4 is 0 Å². The largest absolute Gasteiger partial charge is 0.469 e. The SMILES string of the molecule is COC(=O)CCN1C(=O)c2ccccc2C1c1c(-c2ccc(C)cc2)[nH]c2ccccc12. The number of aromatic nitrogens is 1. The van der Waals surface area contributed by atoms with E-state index in [1.165, 1.54) is 12.7 Å². The molecule has 5 heteroatoms. The number of rotatable bonds is 5. The van der Waals surface area contributed by atoms with E-state index < -0.39 is 0 Å². The molecule has 1 N–H and O–H groups in total. The molecule has 5 nitrogen and oxygen atoms in total. The fourth-order valence-corrected chi connectivity index (χ4v) is 4.62. The van der Waals surface area contributed by atoms with E-state index in [0.29, 0.717) is 5.56 Å². The molecule has 0 saturated carbocycles. The molecule has 32 heavy (non-hydrogen) atoms. The first-order valence-corrected chi connectivity index (χ1v) is 10.7. The lowest BCUT2D eigenvalue weighted by Gasteiger charge is -2.26. The van der Waals surface area contributed by atoms with Gasteiger partial charge >= 0.3 is 5.97 Å². The van der Waals surface area contributed by atoms with Gasteiger partial charge in [-0.2, -0.15) is 0 Å². The molecule has 1 unspecified atom stereocenters. The Labute approximate surface area is 186 Å². The highest BCUT2D eigenvalue weighted by molar-refractivity contribution is 6.02. The third kappa shape index (κ3) is 3.26. The third-order valence-corrected chi connectivity index (χ3v) is 6.20. The van der Waals surface area contributed by atoms with Crippen LogP contribution in [0, 0.1) is 6.92 Å². The number of carbonyl (C=O) groups is 2. The highest BCUT2D eigenvalue weighted by Crippen LogP contribution is 2.45. The van der Waals surface area contributed by atoms with Gasteiger partial charge in [-0.05, 0) is 30.2 Å². The van der Waals surface area contributed by atoms with Crippen LogP contribution in [0.2, 0.25) is 0 Å². The minimum absolute atomic E-state index is 0.0605. The van der Waals surface area contributed by atoms with Crippen molar-refractivity contribution in [1.82, 2.24) is 9.88 Å². The summed E-state index contributed by atoms with van der Waals surface area (Å²) in [7, 11) is 1.37. The molecule has 1 aromatic heterocycles. The Kier molecular flexibility index (Phi) is 5.02. The smallest absolute Gasteiger partial charge is 0.307 e. The number of benzene rings is 3. The minimum atomic E-state index is -0.329. The van der Waals surface area contributed by atoms with Crippen molar-refractivity contribution in [3.8, 4) is 11.3 Å². The Morgan fingerprint density at radius 2 is 1.72 bits per heavy atom. The highest BCUT2D eigenvalue weighted by Gasteiger charge is 2.40. The van der Waals surface area contributed by atoms with Crippen molar-refractivity contribution in [2.75, 3.05) is 13.7 Å². The molecule has 1 atom stereocenters. The van der Waals surface area contributed by atoms with Crippen LogP contribution in [0.15, 0.2) is 72.8 Å². The minimum Gasteiger partial charge on any atom is -0.469 e. The van der Waals surface area contributed by atoms with Gasteiger partial charge in [0.05, 0.1) is 25.3 Å². The average molecular weight is 425 g/mol. The Morgan fingerprint density at radius 1 is 1.00 bits per heavy atom. The average Bonchev–Trinajstić information content (AvgIpc) is 3.33. The molecule has 0 spiro atoms. The van der Waals surface area contributed by atoms with Crippen LogP contribution in [0.1, 0.15) is 39.5 Å². The number of fused-ring (bicyclic) bond motifs is 2. The van der Waals surface area contributed by atoms with Crippen molar-refractivity contribution in [2.24, 2.45) is 0 Å². The standard InChI is InChI=1S/C27H24N2O3/c1-17-11-13-18(14-12-17)25-24(21-9-5-6-10-22(21)28-25)26-19-7-3-4-8-20(19)27(31)29(26)16-15-23(30)32-2/h3-14,26,28H,15-16H2,1-2H3. The zero-order valence-electron chi connectivity index (χ0n) is 18.1. The van der Waals surface area contributed by atoms with Crippen LogP contribution in [0.4, 0.5) is 0 Å². The van der Waals surface area contributed by atoms with E-state index in [0.717, 1.165) is 33.3 Å². The van der Waals surface area contributed by atoms with Gasteiger partial charge in [-0.1, -0.05) is 66.2 Å². The van der Waals surface area contributed by atoms with Crippen LogP contribution in [0.5, 0.6) is 0 Å². The van der Waals surface area contributed by atoms with E-state index in [2.05, 4.69) is 48.3 Å². The van der Waals surface area contributed by atoms with E-state index >= 15 is 0 Å². The quantitative estimate of drug-likeness (QED) is 0.445. The molecule has 1 aliphatic heterocycles. The Balaban J connectivity index is 1.73. The second-order valence-corrected chi connectivity index (χ2v) is 8.14. The van der Waals surface area contributed by atoms with Crippen molar-refractivity contribution in [1.29, 1.82) is 0 Å². The molecule has 1 amide bonds. The van der Waals surface area contributed by atoms with Gasteiger partial charge in [0.15, 0.2) is 0 Å². The fraction of sp³-hybridized carbons (Fsp3) is 0.185. The Hall–Kier alpha value is -3.86. The number of carbonyl (C=O) groups excluding carboxylic acids is 2. The summed E-state index contributed by atoms with van der Waals surface area (Å²) < 4.78 is 4.84. The van der Waals surface area contributed by atoms with E-state index in [4.69, 9.17) is 4.74 Å². The predicted molar refractivity (Wildman–Crippen MR) is 124 cm³/mol. The lowest BCUT2D eigenvalue weighted by molar-refractivity contribution is -0.140. The maximum atomic E-state index is 13.4. The molecule has 3 aromatic carbocycles. The molecule has 4 aromatic rings. The summed E-state index contributed by atoms with van der Waals surface area (Å²) in [5.41, 5.74) is 6.95. The van der Waals surface area contributed by atoms with E-state index in [-0.39, 0.29) is 30.9 Å². The second kappa shape index (κ2) is 8.00. The van der Waals surface area contributed by atoms with Crippen LogP contribution in [0.25, 0.3) is 22.2 Å². The number of H-pyrrole nitrogens is 1. The zero-order valence-corrected chi connectivity index (χ0v) is 18.1. The molecule has 2 heterocycles. The molecule has 0 radical (unpaired) electrons. The topological polar surface area (TPSA) is 62.4 Å². The lowest BCUT2D eigenvalue weighted by atomic mass is 9.93. The highest BCUT2D eigenvalue weighted by atomic mass is 16.5. The summed E-state index contributed by atoms with van der Waals surface area (Å²) in [5.74, 6) is -0.389. The van der Waals surface area contributed by atoms with Crippen molar-refractivity contribution >= 4 is 22.8 Å². The summed E-state index contributed by atoms with van der Waals surface area (Å²) >= 11 is 0. The van der Waals surface area contributed by atoms with Crippen LogP contribution in [-0.2, 0) is 9.53 Å². The van der Waals surface area contributed by atoms with Crippen molar-refractivity contribution in [3.05, 3.63) is 95.1 Å². The molecule has 0 bridgehead atoms. The number of hydrogen-bond acceptors (Lipinski definition) is 3. The molecular weight excluding hydrogens is 400 g/mol. The summed E-state index contributed by atoms with van der Waals surface area (Å²) in [6.45, 7) is 2.36. The maximum Gasteiger partial charge on any atom is 0.307 e. The summed E-state index contributed by atoms with van der Waals surface area (Å²) in [6, 6.07) is 24.0. The third-order valence-electron chi connectivity index (χ3n) is 6.20. The monoisotopic (exact) mass is 424 g/mol. The van der Waals surface area contributed by atoms with Crippen molar-refractivity contribution < 1.29 is 14.3 Å². The molecule has 160 valence electrons. The van der Waals surface area contributed by atoms with Crippen LogP contribution in [0.3, 0.4) is 0 Å². The van der Waals surface area contributed by atoms with Crippen molar-refractivity contribution in [3.63, 3.8) is 0 Å². The number of aryl methyl sites for hydroxylation is 1. The number of hydrogen-bond donors (Lipinski definition) is 1. The lowest BCUT2D eigenvalue weighted by Crippen LogP contribution is -2.31. The maximum absolute atomic E-state index is 13.4. The predicted octanol–water partition coefficient (Wildman–Crippen LogP) is 5.25. The number of aromatic amines is 1. The molecule has 0 aliphatic carbocycles. The first-order valence-electron chi connectivity index (χ1n) is 10.7. The van der Waals surface area contributed by atoms with Gasteiger partial charge in [-0.15, -0.1) is 0 Å². The molecule has 0 fully saturated rings. The van der Waals surface area contributed by atoms with E-state index in [9.17, 15) is 9.59 Å². The van der Waals surface area contributed by atoms with Gasteiger partial charge in [0.25, 0.3) is 5.91 Å². The fourth-order valence-electron chi connectivity index (χ4n) is 4.62. The Bertz CT molecular complexity index is 1320. The van der Waals surface area contributed by atoms with Gasteiger partial charge < -0.3 is 14.6 Å². The number of esters is 1. The van der Waals surface area contributed by atoms with Gasteiger partial charge in [0, 0.05) is 28.6 Å². The van der Waals surface area contributed by atoms with Gasteiger partial charge in [-0.25, -0.2) is 0 Å². The zero-order chi connectivity index (χ0) is 22.2. The van der Waals surface area contributed by atoms with Gasteiger partial charge in [0.1, 0.15) is 0 Å². The number of amides is 1. The second-order valence-electron chi connectivity index (χ2n) is 8.14. The number of para-hydroxylation sites is 1. The summed E-state index contributed by atoms with van der Waals surface area (Å²) in [5, 5.41) is 1.07. The summed E-state index contributed by atoms with van der Waals surface area (Å²) in [4.78, 5) is 30.7. The molecular formula is C27H24N2O3. The number of nitrogens with zero attached hydrogens (tertiary/aromatic N) is 1. The van der Waals surface area contributed by atoms with Gasteiger partial charge in [0.2, 0.25) is 0 Å². The van der Waals surface area contributed by atoms with Crippen molar-refractivity contribution in [2.45, 2.75) is 19.4 Å². The van der Waals surface area contributed by atoms with Crippen LogP contribution >= 0.6 is 0 Å². The normalized spacial score (nSPS) is 15.2. The molecule has 0 saturated heterocycles. The summed E-state index contributed by atoms with van der Waals surface area (Å²) in [6.07, 6.45) is 0.148. The number of nitrogens with one attached hydrogen (secondary N) is 1. The number of ether oxygens (including phenoxy) is 1. The Morgan fingerprint density at radius 3 is 2.50 bits per heavy atom. The molecule has 5 rings (SSSR count). The first kappa shape index (κ1) is 20.1. The number of methoxy groups -OCH3 is 1. The van der Waals surface area contributed by atoms with Crippen LogP contribution in [-0.4, -0.2) is 35.4 Å². The van der Waals surface area contributed by atoms with Gasteiger partial charge in [-0.3, -0.25) is 9.59 Å². The first-order chi connectivity index (χ1) is 15.6. The van der Waals surface area contributed by atoms with E-state index in [1.807, 2.05) is 36.4 Å². The van der Waals surface area contributed by atoms with E-state index in [1.54, 1.807) is 4.90 Å². The molecule has 1 aliphatic rings.